The number of aryl methyl sites for hydroxylation is 2. The minimum atomic E-state index is -1.03. The molecule has 0 aliphatic heterocycles. The van der Waals surface area contributed by atoms with E-state index in [-0.39, 0.29) is 17.3 Å². The number of aromatic carboxylic acids is 1. The van der Waals surface area contributed by atoms with E-state index in [0.717, 1.165) is 12.0 Å². The Labute approximate surface area is 145 Å². The molecule has 0 spiro atoms. The predicted molar refractivity (Wildman–Crippen MR) is 93.4 cm³/mol. The van der Waals surface area contributed by atoms with Gasteiger partial charge in [0.2, 0.25) is 5.91 Å². The first-order chi connectivity index (χ1) is 11.8. The van der Waals surface area contributed by atoms with Crippen LogP contribution in [0.1, 0.15) is 46.3 Å². The Morgan fingerprint density at radius 3 is 2.40 bits per heavy atom. The number of anilines is 1. The van der Waals surface area contributed by atoms with Crippen LogP contribution in [0, 0.1) is 19.7 Å². The smallest absolute Gasteiger partial charge is 0.336 e. The number of benzene rings is 2. The normalized spacial score (nSPS) is 15.3. The van der Waals surface area contributed by atoms with Crippen molar-refractivity contribution in [1.29, 1.82) is 0 Å². The minimum Gasteiger partial charge on any atom is -0.478 e. The molecule has 0 saturated heterocycles. The molecule has 4 nitrogen and oxygen atoms in total. The number of hydrogen-bond donors (Lipinski definition) is 2. The summed E-state index contributed by atoms with van der Waals surface area (Å²) in [6, 6.07) is 9.38. The Morgan fingerprint density at radius 2 is 1.84 bits per heavy atom. The van der Waals surface area contributed by atoms with Crippen molar-refractivity contribution in [3.8, 4) is 0 Å². The van der Waals surface area contributed by atoms with Crippen LogP contribution in [-0.4, -0.2) is 17.0 Å². The average molecular weight is 341 g/mol. The van der Waals surface area contributed by atoms with Crippen LogP contribution in [-0.2, 0) is 10.2 Å². The van der Waals surface area contributed by atoms with Crippen molar-refractivity contribution in [3.05, 3.63) is 64.5 Å². The van der Waals surface area contributed by atoms with Crippen LogP contribution in [0.4, 0.5) is 10.1 Å². The molecule has 1 aliphatic carbocycles. The molecule has 0 aromatic heterocycles. The number of carboxylic acid groups (broad SMARTS) is 1. The molecule has 25 heavy (non-hydrogen) atoms. The van der Waals surface area contributed by atoms with Gasteiger partial charge < -0.3 is 10.4 Å². The monoisotopic (exact) mass is 341 g/mol. The zero-order chi connectivity index (χ0) is 18.2. The molecule has 1 saturated carbocycles. The molecule has 0 heterocycles. The molecule has 0 unspecified atom stereocenters. The van der Waals surface area contributed by atoms with Crippen molar-refractivity contribution in [1.82, 2.24) is 0 Å². The molecule has 1 aliphatic rings. The largest absolute Gasteiger partial charge is 0.478 e. The summed E-state index contributed by atoms with van der Waals surface area (Å²) in [6.45, 7) is 3.55. The van der Waals surface area contributed by atoms with Gasteiger partial charge in [0.25, 0.3) is 0 Å². The summed E-state index contributed by atoms with van der Waals surface area (Å²) in [6.07, 6.45) is 2.20. The first kappa shape index (κ1) is 17.1. The van der Waals surface area contributed by atoms with Crippen molar-refractivity contribution >= 4 is 17.6 Å². The molecule has 2 aromatic carbocycles. The molecule has 0 radical (unpaired) electrons. The highest BCUT2D eigenvalue weighted by molar-refractivity contribution is 6.01. The van der Waals surface area contributed by atoms with Gasteiger partial charge in [-0.2, -0.15) is 0 Å². The van der Waals surface area contributed by atoms with Crippen LogP contribution < -0.4 is 5.32 Å². The van der Waals surface area contributed by atoms with Crippen molar-refractivity contribution in [2.75, 3.05) is 5.32 Å². The predicted octanol–water partition coefficient (Wildman–Crippen LogP) is 4.20. The number of carbonyl (C=O) groups is 2. The number of halogens is 1. The molecular weight excluding hydrogens is 321 g/mol. The maximum Gasteiger partial charge on any atom is 0.336 e. The lowest BCUT2D eigenvalue weighted by Gasteiger charge is -2.40. The van der Waals surface area contributed by atoms with Gasteiger partial charge in [0.1, 0.15) is 5.82 Å². The van der Waals surface area contributed by atoms with E-state index in [0.29, 0.717) is 29.7 Å². The van der Waals surface area contributed by atoms with E-state index in [9.17, 15) is 19.1 Å². The molecule has 5 heteroatoms. The maximum absolute atomic E-state index is 13.6. The zero-order valence-electron chi connectivity index (χ0n) is 14.2. The van der Waals surface area contributed by atoms with Crippen LogP contribution in [0.15, 0.2) is 36.4 Å². The van der Waals surface area contributed by atoms with Crippen LogP contribution in [0.25, 0.3) is 0 Å². The average Bonchev–Trinajstić information content (AvgIpc) is 2.48. The lowest BCUT2D eigenvalue weighted by atomic mass is 9.63. The standard InChI is InChI=1S/C20H20FNO3/c1-12-9-13(2)17(11-16(12)18(23)24)22-19(25)20(7-4-8-20)14-5-3-6-15(21)10-14/h3,5-6,9-11H,4,7-8H2,1-2H3,(H,22,25)(H,23,24). The first-order valence-corrected chi connectivity index (χ1v) is 8.25. The minimum absolute atomic E-state index is 0.161. The lowest BCUT2D eigenvalue weighted by molar-refractivity contribution is -0.124. The topological polar surface area (TPSA) is 66.4 Å². The Hall–Kier alpha value is -2.69. The van der Waals surface area contributed by atoms with Crippen LogP contribution in [0.3, 0.4) is 0 Å². The highest BCUT2D eigenvalue weighted by atomic mass is 19.1. The molecule has 2 aromatic rings. The van der Waals surface area contributed by atoms with Crippen molar-refractivity contribution in [2.45, 2.75) is 38.5 Å². The number of carbonyl (C=O) groups excluding carboxylic acids is 1. The van der Waals surface area contributed by atoms with Gasteiger partial charge in [0.05, 0.1) is 11.0 Å². The molecule has 0 bridgehead atoms. The Kier molecular flexibility index (Phi) is 4.33. The van der Waals surface area contributed by atoms with E-state index in [4.69, 9.17) is 0 Å². The molecule has 130 valence electrons. The maximum atomic E-state index is 13.6. The van der Waals surface area contributed by atoms with Crippen LogP contribution in [0.2, 0.25) is 0 Å². The summed E-state index contributed by atoms with van der Waals surface area (Å²) in [7, 11) is 0. The molecule has 1 fully saturated rings. The summed E-state index contributed by atoms with van der Waals surface area (Å²) >= 11 is 0. The highest BCUT2D eigenvalue weighted by Gasteiger charge is 2.45. The summed E-state index contributed by atoms with van der Waals surface area (Å²) in [5, 5.41) is 12.2. The Balaban J connectivity index is 1.94. The third-order valence-corrected chi connectivity index (χ3v) is 5.07. The molecule has 0 atom stereocenters. The summed E-state index contributed by atoms with van der Waals surface area (Å²) in [5.74, 6) is -1.61. The van der Waals surface area contributed by atoms with Crippen molar-refractivity contribution in [2.24, 2.45) is 0 Å². The van der Waals surface area contributed by atoms with E-state index >= 15 is 0 Å². The summed E-state index contributed by atoms with van der Waals surface area (Å²) in [5.41, 5.74) is 2.00. The third-order valence-electron chi connectivity index (χ3n) is 5.07. The van der Waals surface area contributed by atoms with E-state index in [1.807, 2.05) is 6.92 Å². The third kappa shape index (κ3) is 3.02. The second-order valence-electron chi connectivity index (χ2n) is 6.69. The SMILES string of the molecule is Cc1cc(C)c(C(=O)O)cc1NC(=O)C1(c2cccc(F)c2)CCC1. The van der Waals surface area contributed by atoms with E-state index in [1.54, 1.807) is 25.1 Å². The van der Waals surface area contributed by atoms with Crippen molar-refractivity contribution in [3.63, 3.8) is 0 Å². The van der Waals surface area contributed by atoms with Gasteiger partial charge >= 0.3 is 5.97 Å². The van der Waals surface area contributed by atoms with Gasteiger partial charge in [-0.15, -0.1) is 0 Å². The van der Waals surface area contributed by atoms with Gasteiger partial charge in [-0.1, -0.05) is 24.6 Å². The molecule has 2 N–H and O–H groups in total. The van der Waals surface area contributed by atoms with Gasteiger partial charge in [-0.05, 0) is 61.6 Å². The molecule has 3 rings (SSSR count). The molecular formula is C20H20FNO3. The zero-order valence-corrected chi connectivity index (χ0v) is 14.2. The van der Waals surface area contributed by atoms with Gasteiger partial charge in [0.15, 0.2) is 0 Å². The second kappa shape index (κ2) is 6.31. The Morgan fingerprint density at radius 1 is 1.12 bits per heavy atom. The number of carboxylic acids is 1. The van der Waals surface area contributed by atoms with Gasteiger partial charge in [-0.25, -0.2) is 9.18 Å². The fourth-order valence-corrected chi connectivity index (χ4v) is 3.42. The molecule has 1 amide bonds. The van der Waals surface area contributed by atoms with E-state index in [2.05, 4.69) is 5.32 Å². The fraction of sp³-hybridized carbons (Fsp3) is 0.300. The van der Waals surface area contributed by atoms with Crippen LogP contribution in [0.5, 0.6) is 0 Å². The number of hydrogen-bond acceptors (Lipinski definition) is 2. The lowest BCUT2D eigenvalue weighted by Crippen LogP contribution is -2.46. The van der Waals surface area contributed by atoms with E-state index < -0.39 is 11.4 Å². The first-order valence-electron chi connectivity index (χ1n) is 8.25. The number of amides is 1. The number of nitrogens with one attached hydrogen (secondary N) is 1. The van der Waals surface area contributed by atoms with Crippen molar-refractivity contribution < 1.29 is 19.1 Å². The second-order valence-corrected chi connectivity index (χ2v) is 6.69. The summed E-state index contributed by atoms with van der Waals surface area (Å²) in [4.78, 5) is 24.3. The number of rotatable bonds is 4. The van der Waals surface area contributed by atoms with E-state index in [1.165, 1.54) is 18.2 Å². The van der Waals surface area contributed by atoms with Crippen LogP contribution >= 0.6 is 0 Å². The van der Waals surface area contributed by atoms with Gasteiger partial charge in [0, 0.05) is 5.69 Å². The Bertz CT molecular complexity index is 856. The fourth-order valence-electron chi connectivity index (χ4n) is 3.42. The quantitative estimate of drug-likeness (QED) is 0.876. The highest BCUT2D eigenvalue weighted by Crippen LogP contribution is 2.45. The van der Waals surface area contributed by atoms with Gasteiger partial charge in [-0.3, -0.25) is 4.79 Å². The summed E-state index contributed by atoms with van der Waals surface area (Å²) < 4.78 is 13.6.